The van der Waals surface area contributed by atoms with Gasteiger partial charge in [-0.15, -0.1) is 11.6 Å². The van der Waals surface area contributed by atoms with Crippen molar-refractivity contribution in [2.24, 2.45) is 0 Å². The Labute approximate surface area is 129 Å². The smallest absolute Gasteiger partial charge is 0.251 e. The first-order valence-electron chi connectivity index (χ1n) is 6.82. The van der Waals surface area contributed by atoms with Crippen LogP contribution in [-0.4, -0.2) is 19.6 Å². The Balaban J connectivity index is 2.19. The Morgan fingerprint density at radius 1 is 1.19 bits per heavy atom. The Bertz CT molecular complexity index is 610. The molecule has 3 nitrogen and oxygen atoms in total. The van der Waals surface area contributed by atoms with Gasteiger partial charge in [-0.05, 0) is 42.3 Å². The Morgan fingerprint density at radius 2 is 1.90 bits per heavy atom. The normalized spacial score (nSPS) is 11.8. The van der Waals surface area contributed by atoms with Crippen LogP contribution in [0.25, 0.3) is 0 Å². The number of methoxy groups -OCH3 is 1. The Hall–Kier alpha value is -2.00. The Morgan fingerprint density at radius 3 is 2.52 bits per heavy atom. The minimum absolute atomic E-state index is 0.0726. The summed E-state index contributed by atoms with van der Waals surface area (Å²) in [5.41, 5.74) is 2.54. The second-order valence-corrected chi connectivity index (χ2v) is 5.06. The number of amides is 1. The molecule has 0 aromatic heterocycles. The second kappa shape index (κ2) is 7.14. The molecule has 110 valence electrons. The SMILES string of the molecule is CCNC(=O)c1ccc(C(Cl)c2cccc(OC)c2)cc1. The lowest BCUT2D eigenvalue weighted by molar-refractivity contribution is 0.0956. The van der Waals surface area contributed by atoms with E-state index in [0.29, 0.717) is 12.1 Å². The molecule has 1 unspecified atom stereocenters. The molecule has 0 aliphatic carbocycles. The summed E-state index contributed by atoms with van der Waals surface area (Å²) in [5.74, 6) is 0.702. The molecule has 2 rings (SSSR count). The van der Waals surface area contributed by atoms with Crippen molar-refractivity contribution in [2.45, 2.75) is 12.3 Å². The predicted molar refractivity (Wildman–Crippen MR) is 85.1 cm³/mol. The fraction of sp³-hybridized carbons (Fsp3) is 0.235. The molecule has 1 atom stereocenters. The zero-order chi connectivity index (χ0) is 15.2. The fourth-order valence-electron chi connectivity index (χ4n) is 2.06. The lowest BCUT2D eigenvalue weighted by atomic mass is 10.0. The summed E-state index contributed by atoms with van der Waals surface area (Å²) in [7, 11) is 1.63. The lowest BCUT2D eigenvalue weighted by Crippen LogP contribution is -2.22. The van der Waals surface area contributed by atoms with Gasteiger partial charge >= 0.3 is 0 Å². The van der Waals surface area contributed by atoms with E-state index in [1.807, 2.05) is 43.3 Å². The maximum atomic E-state index is 11.7. The molecule has 2 aromatic carbocycles. The van der Waals surface area contributed by atoms with E-state index in [2.05, 4.69) is 5.32 Å². The number of carbonyl (C=O) groups excluding carboxylic acids is 1. The van der Waals surface area contributed by atoms with Gasteiger partial charge in [-0.2, -0.15) is 0 Å². The summed E-state index contributed by atoms with van der Waals surface area (Å²) < 4.78 is 5.21. The number of nitrogens with one attached hydrogen (secondary N) is 1. The standard InChI is InChI=1S/C17H18ClNO2/c1-3-19-17(20)13-9-7-12(8-10-13)16(18)14-5-4-6-15(11-14)21-2/h4-11,16H,3H2,1-2H3,(H,19,20). The van der Waals surface area contributed by atoms with Gasteiger partial charge < -0.3 is 10.1 Å². The van der Waals surface area contributed by atoms with E-state index in [9.17, 15) is 4.79 Å². The van der Waals surface area contributed by atoms with Crippen LogP contribution in [0, 0.1) is 0 Å². The Kier molecular flexibility index (Phi) is 5.23. The highest BCUT2D eigenvalue weighted by Gasteiger charge is 2.12. The van der Waals surface area contributed by atoms with Crippen molar-refractivity contribution >= 4 is 17.5 Å². The summed E-state index contributed by atoms with van der Waals surface area (Å²) in [5, 5.41) is 2.49. The van der Waals surface area contributed by atoms with Crippen LogP contribution in [0.2, 0.25) is 0 Å². The molecule has 0 spiro atoms. The molecule has 0 aliphatic heterocycles. The number of hydrogen-bond acceptors (Lipinski definition) is 2. The molecule has 0 fully saturated rings. The summed E-state index contributed by atoms with van der Waals surface area (Å²) in [4.78, 5) is 11.7. The molecule has 0 saturated heterocycles. The van der Waals surface area contributed by atoms with Crippen LogP contribution in [0.5, 0.6) is 5.75 Å². The van der Waals surface area contributed by atoms with Crippen molar-refractivity contribution in [2.75, 3.05) is 13.7 Å². The van der Waals surface area contributed by atoms with Gasteiger partial charge in [-0.1, -0.05) is 24.3 Å². The summed E-state index contributed by atoms with van der Waals surface area (Å²) in [6.45, 7) is 2.51. The van der Waals surface area contributed by atoms with E-state index in [4.69, 9.17) is 16.3 Å². The van der Waals surface area contributed by atoms with Gasteiger partial charge in [0.25, 0.3) is 5.91 Å². The number of halogens is 1. The zero-order valence-electron chi connectivity index (χ0n) is 12.1. The molecular weight excluding hydrogens is 286 g/mol. The van der Waals surface area contributed by atoms with E-state index in [1.165, 1.54) is 0 Å². The van der Waals surface area contributed by atoms with Crippen LogP contribution >= 0.6 is 11.6 Å². The van der Waals surface area contributed by atoms with Gasteiger partial charge in [0.15, 0.2) is 0 Å². The molecule has 0 aliphatic rings. The average molecular weight is 304 g/mol. The van der Waals surface area contributed by atoms with Gasteiger partial charge in [0.1, 0.15) is 5.75 Å². The van der Waals surface area contributed by atoms with E-state index < -0.39 is 0 Å². The molecule has 1 N–H and O–H groups in total. The third-order valence-corrected chi connectivity index (χ3v) is 3.69. The maximum absolute atomic E-state index is 11.7. The topological polar surface area (TPSA) is 38.3 Å². The minimum atomic E-state index is -0.275. The van der Waals surface area contributed by atoms with Crippen molar-refractivity contribution in [1.82, 2.24) is 5.32 Å². The highest BCUT2D eigenvalue weighted by Crippen LogP contribution is 2.30. The first-order chi connectivity index (χ1) is 10.2. The molecule has 1 amide bonds. The maximum Gasteiger partial charge on any atom is 0.251 e. The van der Waals surface area contributed by atoms with Gasteiger partial charge in [0.05, 0.1) is 12.5 Å². The van der Waals surface area contributed by atoms with Gasteiger partial charge in [0, 0.05) is 12.1 Å². The second-order valence-electron chi connectivity index (χ2n) is 4.62. The first kappa shape index (κ1) is 15.4. The zero-order valence-corrected chi connectivity index (χ0v) is 12.9. The predicted octanol–water partition coefficient (Wildman–Crippen LogP) is 3.77. The molecular formula is C17H18ClNO2. The highest BCUT2D eigenvalue weighted by atomic mass is 35.5. The number of alkyl halides is 1. The monoisotopic (exact) mass is 303 g/mol. The van der Waals surface area contributed by atoms with Crippen molar-refractivity contribution < 1.29 is 9.53 Å². The average Bonchev–Trinajstić information content (AvgIpc) is 2.54. The first-order valence-corrected chi connectivity index (χ1v) is 7.25. The largest absolute Gasteiger partial charge is 0.497 e. The number of carbonyl (C=O) groups is 1. The third kappa shape index (κ3) is 3.76. The number of benzene rings is 2. The van der Waals surface area contributed by atoms with Crippen molar-refractivity contribution in [3.05, 3.63) is 65.2 Å². The van der Waals surface area contributed by atoms with Crippen molar-refractivity contribution in [3.63, 3.8) is 0 Å². The van der Waals surface area contributed by atoms with Crippen molar-refractivity contribution in [1.29, 1.82) is 0 Å². The fourth-order valence-corrected chi connectivity index (χ4v) is 2.34. The molecule has 0 radical (unpaired) electrons. The quantitative estimate of drug-likeness (QED) is 0.854. The summed E-state index contributed by atoms with van der Waals surface area (Å²) >= 11 is 6.50. The third-order valence-electron chi connectivity index (χ3n) is 3.19. The lowest BCUT2D eigenvalue weighted by Gasteiger charge is -2.12. The summed E-state index contributed by atoms with van der Waals surface area (Å²) in [6, 6.07) is 15.0. The minimum Gasteiger partial charge on any atom is -0.497 e. The van der Waals surface area contributed by atoms with Crippen LogP contribution in [0.1, 0.15) is 33.8 Å². The van der Waals surface area contributed by atoms with Crippen LogP contribution in [0.3, 0.4) is 0 Å². The van der Waals surface area contributed by atoms with Crippen molar-refractivity contribution in [3.8, 4) is 5.75 Å². The van der Waals surface area contributed by atoms with Crippen LogP contribution in [0.15, 0.2) is 48.5 Å². The van der Waals surface area contributed by atoms with Crippen LogP contribution in [0.4, 0.5) is 0 Å². The summed E-state index contributed by atoms with van der Waals surface area (Å²) in [6.07, 6.45) is 0. The number of hydrogen-bond donors (Lipinski definition) is 1. The van der Waals surface area contributed by atoms with E-state index >= 15 is 0 Å². The molecule has 0 bridgehead atoms. The molecule has 4 heteroatoms. The number of ether oxygens (including phenoxy) is 1. The molecule has 0 saturated carbocycles. The van der Waals surface area contributed by atoms with Crippen LogP contribution < -0.4 is 10.1 Å². The molecule has 21 heavy (non-hydrogen) atoms. The van der Waals surface area contributed by atoms with E-state index in [1.54, 1.807) is 19.2 Å². The van der Waals surface area contributed by atoms with Gasteiger partial charge in [-0.3, -0.25) is 4.79 Å². The highest BCUT2D eigenvalue weighted by molar-refractivity contribution is 6.22. The number of rotatable bonds is 5. The van der Waals surface area contributed by atoms with Crippen LogP contribution in [-0.2, 0) is 0 Å². The molecule has 0 heterocycles. The van der Waals surface area contributed by atoms with Gasteiger partial charge in [-0.25, -0.2) is 0 Å². The van der Waals surface area contributed by atoms with E-state index in [0.717, 1.165) is 16.9 Å². The van der Waals surface area contributed by atoms with E-state index in [-0.39, 0.29) is 11.3 Å². The van der Waals surface area contributed by atoms with Gasteiger partial charge in [0.2, 0.25) is 0 Å². The molecule has 2 aromatic rings.